The van der Waals surface area contributed by atoms with Crippen LogP contribution in [0.25, 0.3) is 0 Å². The highest BCUT2D eigenvalue weighted by Gasteiger charge is 2.32. The number of urea groups is 1. The van der Waals surface area contributed by atoms with Gasteiger partial charge in [0.2, 0.25) is 0 Å². The van der Waals surface area contributed by atoms with Gasteiger partial charge in [0.05, 0.1) is 0 Å². The Hall–Kier alpha value is -0.770. The maximum atomic E-state index is 11.6. The highest BCUT2D eigenvalue weighted by molar-refractivity contribution is 5.76. The third-order valence-electron chi connectivity index (χ3n) is 2.45. The number of carbonyl (C=O) groups is 1. The first-order valence-corrected chi connectivity index (χ1v) is 5.24. The molecule has 1 aliphatic rings. The molecule has 1 unspecified atom stereocenters. The van der Waals surface area contributed by atoms with Crippen molar-refractivity contribution in [2.24, 2.45) is 0 Å². The summed E-state index contributed by atoms with van der Waals surface area (Å²) in [5, 5.41) is 6.25. The second kappa shape index (κ2) is 4.17. The fraction of sp³-hybridized carbons (Fsp3) is 0.900. The SMILES string of the molecule is CCNC1CNC(=O)N(C(C)(C)C)C1. The van der Waals surface area contributed by atoms with E-state index in [4.69, 9.17) is 0 Å². The first-order valence-electron chi connectivity index (χ1n) is 5.24. The lowest BCUT2D eigenvalue weighted by Crippen LogP contribution is -2.62. The Labute approximate surface area is 86.0 Å². The molecule has 2 amide bonds. The summed E-state index contributed by atoms with van der Waals surface area (Å²) in [5.41, 5.74) is -0.0990. The van der Waals surface area contributed by atoms with Gasteiger partial charge in [-0.25, -0.2) is 4.79 Å². The average Bonchev–Trinajstić information content (AvgIpc) is 2.07. The summed E-state index contributed by atoms with van der Waals surface area (Å²) >= 11 is 0. The minimum Gasteiger partial charge on any atom is -0.336 e. The first kappa shape index (κ1) is 11.3. The molecule has 1 heterocycles. The van der Waals surface area contributed by atoms with Crippen LogP contribution in [0.3, 0.4) is 0 Å². The van der Waals surface area contributed by atoms with E-state index in [9.17, 15) is 4.79 Å². The molecule has 1 atom stereocenters. The molecule has 1 rings (SSSR count). The number of nitrogens with one attached hydrogen (secondary N) is 2. The number of hydrogen-bond acceptors (Lipinski definition) is 2. The summed E-state index contributed by atoms with van der Waals surface area (Å²) in [5.74, 6) is 0. The predicted octanol–water partition coefficient (Wildman–Crippen LogP) is 0.788. The van der Waals surface area contributed by atoms with Gasteiger partial charge in [0.25, 0.3) is 0 Å². The predicted molar refractivity (Wildman–Crippen MR) is 57.3 cm³/mol. The molecule has 4 heteroatoms. The molecule has 0 aliphatic carbocycles. The van der Waals surface area contributed by atoms with Crippen LogP contribution in [0.15, 0.2) is 0 Å². The van der Waals surface area contributed by atoms with E-state index in [2.05, 4.69) is 38.3 Å². The molecule has 0 bridgehead atoms. The zero-order valence-corrected chi connectivity index (χ0v) is 9.55. The molecule has 0 saturated carbocycles. The van der Waals surface area contributed by atoms with Crippen molar-refractivity contribution in [3.8, 4) is 0 Å². The van der Waals surface area contributed by atoms with Gasteiger partial charge in [0.15, 0.2) is 0 Å². The van der Waals surface area contributed by atoms with Gasteiger partial charge in [-0.15, -0.1) is 0 Å². The van der Waals surface area contributed by atoms with E-state index >= 15 is 0 Å². The van der Waals surface area contributed by atoms with Gasteiger partial charge >= 0.3 is 6.03 Å². The summed E-state index contributed by atoms with van der Waals surface area (Å²) in [6.45, 7) is 10.7. The van der Waals surface area contributed by atoms with E-state index < -0.39 is 0 Å². The summed E-state index contributed by atoms with van der Waals surface area (Å²) in [7, 11) is 0. The third kappa shape index (κ3) is 2.61. The molecule has 4 nitrogen and oxygen atoms in total. The summed E-state index contributed by atoms with van der Waals surface area (Å²) in [6, 6.07) is 0.420. The summed E-state index contributed by atoms with van der Waals surface area (Å²) < 4.78 is 0. The molecule has 0 aromatic heterocycles. The largest absolute Gasteiger partial charge is 0.336 e. The molecular weight excluding hydrogens is 178 g/mol. The van der Waals surface area contributed by atoms with Crippen LogP contribution in [0.5, 0.6) is 0 Å². The van der Waals surface area contributed by atoms with Gasteiger partial charge in [0.1, 0.15) is 0 Å². The van der Waals surface area contributed by atoms with Gasteiger partial charge in [-0.05, 0) is 27.3 Å². The zero-order valence-electron chi connectivity index (χ0n) is 9.55. The fourth-order valence-electron chi connectivity index (χ4n) is 1.68. The van der Waals surface area contributed by atoms with E-state index in [0.717, 1.165) is 19.6 Å². The Morgan fingerprint density at radius 2 is 2.21 bits per heavy atom. The van der Waals surface area contributed by atoms with Crippen molar-refractivity contribution < 1.29 is 4.79 Å². The highest BCUT2D eigenvalue weighted by Crippen LogP contribution is 2.15. The van der Waals surface area contributed by atoms with Crippen molar-refractivity contribution in [3.05, 3.63) is 0 Å². The van der Waals surface area contributed by atoms with Gasteiger partial charge < -0.3 is 15.5 Å². The molecule has 1 saturated heterocycles. The van der Waals surface area contributed by atoms with Gasteiger partial charge in [-0.1, -0.05) is 6.92 Å². The number of likely N-dealkylation sites (N-methyl/N-ethyl adjacent to an activating group) is 1. The fourth-order valence-corrected chi connectivity index (χ4v) is 1.68. The first-order chi connectivity index (χ1) is 6.45. The van der Waals surface area contributed by atoms with Crippen molar-refractivity contribution in [1.82, 2.24) is 15.5 Å². The van der Waals surface area contributed by atoms with E-state index in [1.165, 1.54) is 0 Å². The number of carbonyl (C=O) groups excluding carboxylic acids is 1. The molecular formula is C10H21N3O. The van der Waals surface area contributed by atoms with Crippen LogP contribution in [-0.2, 0) is 0 Å². The van der Waals surface area contributed by atoms with Crippen molar-refractivity contribution in [2.45, 2.75) is 39.3 Å². The van der Waals surface area contributed by atoms with Crippen molar-refractivity contribution >= 4 is 6.03 Å². The lowest BCUT2D eigenvalue weighted by Gasteiger charge is -2.41. The number of amides is 2. The van der Waals surface area contributed by atoms with E-state index in [-0.39, 0.29) is 11.6 Å². The van der Waals surface area contributed by atoms with E-state index in [1.807, 2.05) is 4.90 Å². The second-order valence-corrected chi connectivity index (χ2v) is 4.72. The van der Waals surface area contributed by atoms with Crippen LogP contribution < -0.4 is 10.6 Å². The Morgan fingerprint density at radius 3 is 2.71 bits per heavy atom. The number of hydrogen-bond donors (Lipinski definition) is 2. The second-order valence-electron chi connectivity index (χ2n) is 4.72. The summed E-state index contributed by atoms with van der Waals surface area (Å²) in [6.07, 6.45) is 0. The van der Waals surface area contributed by atoms with Crippen LogP contribution in [0.1, 0.15) is 27.7 Å². The molecule has 0 aromatic carbocycles. The van der Waals surface area contributed by atoms with Gasteiger partial charge in [0, 0.05) is 24.7 Å². The molecule has 1 fully saturated rings. The van der Waals surface area contributed by atoms with Crippen LogP contribution in [-0.4, -0.2) is 42.1 Å². The van der Waals surface area contributed by atoms with Crippen molar-refractivity contribution in [1.29, 1.82) is 0 Å². The van der Waals surface area contributed by atoms with Crippen LogP contribution in [0.2, 0.25) is 0 Å². The monoisotopic (exact) mass is 199 g/mol. The van der Waals surface area contributed by atoms with Crippen LogP contribution in [0.4, 0.5) is 4.79 Å². The smallest absolute Gasteiger partial charge is 0.317 e. The quantitative estimate of drug-likeness (QED) is 0.690. The minimum absolute atomic E-state index is 0.0478. The maximum Gasteiger partial charge on any atom is 0.317 e. The molecule has 2 N–H and O–H groups in total. The molecule has 0 radical (unpaired) electrons. The topological polar surface area (TPSA) is 44.4 Å². The third-order valence-corrected chi connectivity index (χ3v) is 2.45. The Kier molecular flexibility index (Phi) is 3.37. The van der Waals surface area contributed by atoms with Gasteiger partial charge in [-0.3, -0.25) is 0 Å². The number of nitrogens with zero attached hydrogens (tertiary/aromatic N) is 1. The molecule has 0 spiro atoms. The van der Waals surface area contributed by atoms with Crippen molar-refractivity contribution in [3.63, 3.8) is 0 Å². The summed E-state index contributed by atoms with van der Waals surface area (Å²) in [4.78, 5) is 13.5. The average molecular weight is 199 g/mol. The van der Waals surface area contributed by atoms with Gasteiger partial charge in [-0.2, -0.15) is 0 Å². The Morgan fingerprint density at radius 1 is 1.57 bits per heavy atom. The van der Waals surface area contributed by atoms with Crippen molar-refractivity contribution in [2.75, 3.05) is 19.6 Å². The Balaban J connectivity index is 2.60. The lowest BCUT2D eigenvalue weighted by molar-refractivity contribution is 0.119. The van der Waals surface area contributed by atoms with Crippen LogP contribution in [0, 0.1) is 0 Å². The molecule has 1 aliphatic heterocycles. The zero-order chi connectivity index (χ0) is 10.8. The standard InChI is InChI=1S/C10H21N3O/c1-5-11-8-6-12-9(14)13(7-8)10(2,3)4/h8,11H,5-7H2,1-4H3,(H,12,14). The molecule has 0 aromatic rings. The van der Waals surface area contributed by atoms with Crippen LogP contribution >= 0.6 is 0 Å². The van der Waals surface area contributed by atoms with E-state index in [0.29, 0.717) is 6.04 Å². The molecule has 82 valence electrons. The number of rotatable bonds is 2. The maximum absolute atomic E-state index is 11.6. The lowest BCUT2D eigenvalue weighted by atomic mass is 10.0. The van der Waals surface area contributed by atoms with E-state index in [1.54, 1.807) is 0 Å². The normalized spacial score (nSPS) is 23.6. The Bertz CT molecular complexity index is 210. The molecule has 14 heavy (non-hydrogen) atoms. The minimum atomic E-state index is -0.0990. The highest BCUT2D eigenvalue weighted by atomic mass is 16.2.